The molecule has 1 fully saturated rings. The molecule has 104 valence electrons. The second-order valence-corrected chi connectivity index (χ2v) is 6.70. The van der Waals surface area contributed by atoms with Crippen molar-refractivity contribution in [2.24, 2.45) is 17.6 Å². The topological polar surface area (TPSA) is 29.3 Å². The van der Waals surface area contributed by atoms with Crippen molar-refractivity contribution >= 4 is 34.7 Å². The van der Waals surface area contributed by atoms with Crippen molar-refractivity contribution < 1.29 is 0 Å². The van der Waals surface area contributed by atoms with Crippen LogP contribution in [-0.2, 0) is 0 Å². The largest absolute Gasteiger partial charge is 0.389 e. The number of nitrogens with zero attached hydrogens (tertiary/aromatic N) is 1. The fourth-order valence-corrected chi connectivity index (χ4v) is 3.59. The first-order chi connectivity index (χ1) is 9.04. The lowest BCUT2D eigenvalue weighted by Gasteiger charge is -2.38. The van der Waals surface area contributed by atoms with E-state index < -0.39 is 0 Å². The van der Waals surface area contributed by atoms with Gasteiger partial charge in [-0.2, -0.15) is 0 Å². The zero-order chi connectivity index (χ0) is 14.0. The number of hydrogen-bond donors (Lipinski definition) is 1. The summed E-state index contributed by atoms with van der Waals surface area (Å²) in [5, 5.41) is 0. The van der Waals surface area contributed by atoms with E-state index in [0.717, 1.165) is 24.6 Å². The van der Waals surface area contributed by atoms with Crippen molar-refractivity contribution in [1.82, 2.24) is 0 Å². The molecule has 4 heteroatoms. The summed E-state index contributed by atoms with van der Waals surface area (Å²) in [7, 11) is 0. The third kappa shape index (κ3) is 3.06. The number of hydrogen-bond acceptors (Lipinski definition) is 3. The smallest absolute Gasteiger partial charge is 0.107 e. The zero-order valence-electron chi connectivity index (χ0n) is 11.8. The van der Waals surface area contributed by atoms with Crippen LogP contribution in [0.15, 0.2) is 23.1 Å². The Morgan fingerprint density at radius 1 is 1.37 bits per heavy atom. The van der Waals surface area contributed by atoms with Gasteiger partial charge < -0.3 is 10.6 Å². The monoisotopic (exact) mass is 294 g/mol. The van der Waals surface area contributed by atoms with Crippen molar-refractivity contribution in [2.45, 2.75) is 25.2 Å². The third-order valence-electron chi connectivity index (χ3n) is 4.15. The second-order valence-electron chi connectivity index (χ2n) is 5.41. The Bertz CT molecular complexity index is 473. The molecule has 1 aromatic carbocycles. The summed E-state index contributed by atoms with van der Waals surface area (Å²) in [5.41, 5.74) is 8.21. The van der Waals surface area contributed by atoms with Crippen LogP contribution in [0.25, 0.3) is 0 Å². The normalized spacial score (nSPS) is 23.4. The molecule has 0 saturated carbocycles. The van der Waals surface area contributed by atoms with Gasteiger partial charge in [0.25, 0.3) is 0 Å². The molecule has 0 spiro atoms. The highest BCUT2D eigenvalue weighted by molar-refractivity contribution is 7.98. The summed E-state index contributed by atoms with van der Waals surface area (Å²) in [5.74, 6) is 1.51. The van der Waals surface area contributed by atoms with Crippen LogP contribution in [0.5, 0.6) is 0 Å². The van der Waals surface area contributed by atoms with Gasteiger partial charge in [0.2, 0.25) is 0 Å². The molecule has 0 radical (unpaired) electrons. The van der Waals surface area contributed by atoms with Crippen LogP contribution in [0, 0.1) is 11.8 Å². The van der Waals surface area contributed by atoms with Gasteiger partial charge in [-0.25, -0.2) is 0 Å². The van der Waals surface area contributed by atoms with E-state index in [1.54, 1.807) is 11.8 Å². The van der Waals surface area contributed by atoms with E-state index in [-0.39, 0.29) is 0 Å². The lowest BCUT2D eigenvalue weighted by molar-refractivity contribution is 0.324. The molecule has 2 N–H and O–H groups in total. The van der Waals surface area contributed by atoms with Crippen LogP contribution in [0.4, 0.5) is 5.69 Å². The number of thiocarbonyl (C=S) groups is 1. The van der Waals surface area contributed by atoms with Crippen molar-refractivity contribution in [1.29, 1.82) is 0 Å². The SMILES string of the molecule is CSc1cccc(N2CCC(C)C(C)C2)c1C(N)=S. The number of nitrogens with two attached hydrogens (primary N) is 1. The molecule has 1 aromatic rings. The van der Waals surface area contributed by atoms with Crippen molar-refractivity contribution in [3.63, 3.8) is 0 Å². The lowest BCUT2D eigenvalue weighted by atomic mass is 9.88. The molecule has 2 rings (SSSR count). The van der Waals surface area contributed by atoms with Gasteiger partial charge in [0.15, 0.2) is 0 Å². The van der Waals surface area contributed by atoms with Gasteiger partial charge in [0, 0.05) is 29.2 Å². The number of rotatable bonds is 3. The van der Waals surface area contributed by atoms with Gasteiger partial charge >= 0.3 is 0 Å². The maximum absolute atomic E-state index is 5.95. The fraction of sp³-hybridized carbons (Fsp3) is 0.533. The van der Waals surface area contributed by atoms with E-state index in [9.17, 15) is 0 Å². The molecular formula is C15H22N2S2. The summed E-state index contributed by atoms with van der Waals surface area (Å²) in [6, 6.07) is 6.35. The fourth-order valence-electron chi connectivity index (χ4n) is 2.68. The molecule has 2 nitrogen and oxygen atoms in total. The number of piperidine rings is 1. The van der Waals surface area contributed by atoms with Crippen molar-refractivity contribution in [3.8, 4) is 0 Å². The first-order valence-corrected chi connectivity index (χ1v) is 8.39. The highest BCUT2D eigenvalue weighted by atomic mass is 32.2. The Labute approximate surface area is 125 Å². The van der Waals surface area contributed by atoms with E-state index in [1.165, 1.54) is 17.0 Å². The predicted molar refractivity (Wildman–Crippen MR) is 89.3 cm³/mol. The van der Waals surface area contributed by atoms with Crippen LogP contribution >= 0.6 is 24.0 Å². The third-order valence-corrected chi connectivity index (χ3v) is 5.13. The molecule has 2 atom stereocenters. The quantitative estimate of drug-likeness (QED) is 0.682. The highest BCUT2D eigenvalue weighted by Crippen LogP contribution is 2.33. The summed E-state index contributed by atoms with van der Waals surface area (Å²) in [6.07, 6.45) is 3.31. The molecule has 0 bridgehead atoms. The molecule has 0 amide bonds. The molecule has 1 heterocycles. The van der Waals surface area contributed by atoms with E-state index >= 15 is 0 Å². The Balaban J connectivity index is 2.37. The number of anilines is 1. The van der Waals surface area contributed by atoms with Crippen molar-refractivity contribution in [2.75, 3.05) is 24.2 Å². The first-order valence-electron chi connectivity index (χ1n) is 6.76. The number of thioether (sulfide) groups is 1. The zero-order valence-corrected chi connectivity index (χ0v) is 13.5. The minimum Gasteiger partial charge on any atom is -0.389 e. The lowest BCUT2D eigenvalue weighted by Crippen LogP contribution is -2.39. The molecule has 2 unspecified atom stereocenters. The number of benzene rings is 1. The average Bonchev–Trinajstić information content (AvgIpc) is 2.40. The molecule has 19 heavy (non-hydrogen) atoms. The Morgan fingerprint density at radius 3 is 2.68 bits per heavy atom. The average molecular weight is 294 g/mol. The van der Waals surface area contributed by atoms with Gasteiger partial charge in [0.05, 0.1) is 0 Å². The van der Waals surface area contributed by atoms with Gasteiger partial charge in [-0.05, 0) is 36.6 Å². The summed E-state index contributed by atoms with van der Waals surface area (Å²) in [6.45, 7) is 6.86. The second kappa shape index (κ2) is 6.14. The van der Waals surface area contributed by atoms with Crippen molar-refractivity contribution in [3.05, 3.63) is 23.8 Å². The summed E-state index contributed by atoms with van der Waals surface area (Å²) in [4.78, 5) is 4.13. The first kappa shape index (κ1) is 14.7. The van der Waals surface area contributed by atoms with E-state index in [0.29, 0.717) is 10.9 Å². The summed E-state index contributed by atoms with van der Waals surface area (Å²) < 4.78 is 0. The molecule has 0 aliphatic carbocycles. The molecular weight excluding hydrogens is 272 g/mol. The Hall–Kier alpha value is -0.740. The molecule has 1 aliphatic rings. The van der Waals surface area contributed by atoms with Gasteiger partial charge in [-0.1, -0.05) is 32.1 Å². The maximum atomic E-state index is 5.95. The van der Waals surface area contributed by atoms with E-state index in [2.05, 4.69) is 43.2 Å². The van der Waals surface area contributed by atoms with Gasteiger partial charge in [0.1, 0.15) is 4.99 Å². The molecule has 0 aromatic heterocycles. The van der Waals surface area contributed by atoms with Crippen LogP contribution < -0.4 is 10.6 Å². The van der Waals surface area contributed by atoms with E-state index in [1.807, 2.05) is 0 Å². The predicted octanol–water partition coefficient (Wildman–Crippen LogP) is 3.53. The maximum Gasteiger partial charge on any atom is 0.107 e. The van der Waals surface area contributed by atoms with Crippen LogP contribution in [-0.4, -0.2) is 24.3 Å². The minimum atomic E-state index is 0.506. The standard InChI is InChI=1S/C15H22N2S2/c1-10-7-8-17(9-11(10)2)12-5-4-6-13(19-3)14(12)15(16)18/h4-6,10-11H,7-9H2,1-3H3,(H2,16,18). The van der Waals surface area contributed by atoms with Gasteiger partial charge in [-0.3, -0.25) is 0 Å². The van der Waals surface area contributed by atoms with Crippen LogP contribution in [0.2, 0.25) is 0 Å². The minimum absolute atomic E-state index is 0.506. The Morgan fingerprint density at radius 2 is 2.11 bits per heavy atom. The molecule has 1 aliphatic heterocycles. The van der Waals surface area contributed by atoms with E-state index in [4.69, 9.17) is 18.0 Å². The summed E-state index contributed by atoms with van der Waals surface area (Å²) >= 11 is 6.97. The molecule has 1 saturated heterocycles. The van der Waals surface area contributed by atoms with Gasteiger partial charge in [-0.15, -0.1) is 11.8 Å². The highest BCUT2D eigenvalue weighted by Gasteiger charge is 2.25. The van der Waals surface area contributed by atoms with Crippen LogP contribution in [0.1, 0.15) is 25.8 Å². The Kier molecular flexibility index (Phi) is 4.74. The van der Waals surface area contributed by atoms with Crippen LogP contribution in [0.3, 0.4) is 0 Å².